The van der Waals surface area contributed by atoms with Crippen LogP contribution in [-0.4, -0.2) is 40.9 Å². The fourth-order valence-electron chi connectivity index (χ4n) is 2.49. The van der Waals surface area contributed by atoms with E-state index in [2.05, 4.69) is 20.2 Å². The molecule has 0 aliphatic carbocycles. The number of carbonyl (C=O) groups is 1. The standard InChI is InChI=1S/C16H19N5O5S3/c1-4-27-15-19-18-14(28-15)17-13(22)8-21-11-6-5-10(7-12(11)26-16(21)23)29(24,25)20-9(2)3/h5-7,9,20H,4,8H2,1-3H3,(H,17,18,22). The van der Waals surface area contributed by atoms with Crippen LogP contribution in [0, 0.1) is 0 Å². The first kappa shape index (κ1) is 21.5. The predicted molar refractivity (Wildman–Crippen MR) is 111 cm³/mol. The highest BCUT2D eigenvalue weighted by atomic mass is 32.2. The third kappa shape index (κ3) is 5.04. The van der Waals surface area contributed by atoms with Gasteiger partial charge in [0.2, 0.25) is 21.1 Å². The summed E-state index contributed by atoms with van der Waals surface area (Å²) in [5, 5.41) is 10.8. The number of hydrogen-bond donors (Lipinski definition) is 2. The van der Waals surface area contributed by atoms with Gasteiger partial charge in [-0.15, -0.1) is 10.2 Å². The van der Waals surface area contributed by atoms with Crippen LogP contribution < -0.4 is 15.8 Å². The monoisotopic (exact) mass is 457 g/mol. The topological polar surface area (TPSA) is 136 Å². The molecule has 29 heavy (non-hydrogen) atoms. The van der Waals surface area contributed by atoms with E-state index < -0.39 is 21.7 Å². The minimum atomic E-state index is -3.74. The second-order valence-electron chi connectivity index (χ2n) is 6.21. The zero-order chi connectivity index (χ0) is 21.2. The number of oxazole rings is 1. The normalized spacial score (nSPS) is 12.0. The van der Waals surface area contributed by atoms with Crippen molar-refractivity contribution in [3.63, 3.8) is 0 Å². The number of anilines is 1. The molecular weight excluding hydrogens is 438 g/mol. The third-order valence-corrected chi connectivity index (χ3v) is 7.07. The van der Waals surface area contributed by atoms with Crippen LogP contribution in [0.3, 0.4) is 0 Å². The number of sulfonamides is 1. The van der Waals surface area contributed by atoms with E-state index in [9.17, 15) is 18.0 Å². The lowest BCUT2D eigenvalue weighted by Crippen LogP contribution is -2.30. The summed E-state index contributed by atoms with van der Waals surface area (Å²) in [4.78, 5) is 24.5. The van der Waals surface area contributed by atoms with E-state index in [0.717, 1.165) is 14.7 Å². The Hall–Kier alpha value is -2.22. The van der Waals surface area contributed by atoms with Crippen LogP contribution in [0.1, 0.15) is 20.8 Å². The second kappa shape index (κ2) is 8.65. The van der Waals surface area contributed by atoms with Gasteiger partial charge in [0.15, 0.2) is 9.92 Å². The Labute approximate surface area is 174 Å². The maximum atomic E-state index is 12.3. The summed E-state index contributed by atoms with van der Waals surface area (Å²) in [7, 11) is -3.74. The third-order valence-electron chi connectivity index (χ3n) is 3.56. The van der Waals surface area contributed by atoms with Crippen molar-refractivity contribution in [2.24, 2.45) is 0 Å². The van der Waals surface area contributed by atoms with Crippen LogP contribution in [-0.2, 0) is 21.4 Å². The van der Waals surface area contributed by atoms with Gasteiger partial charge in [0.25, 0.3) is 0 Å². The lowest BCUT2D eigenvalue weighted by Gasteiger charge is -2.09. The Bertz CT molecular complexity index is 1200. The molecule has 0 unspecified atom stereocenters. The van der Waals surface area contributed by atoms with Crippen molar-refractivity contribution in [2.45, 2.75) is 42.6 Å². The van der Waals surface area contributed by atoms with Crippen molar-refractivity contribution in [2.75, 3.05) is 11.1 Å². The number of rotatable bonds is 8. The first-order chi connectivity index (χ1) is 13.7. The zero-order valence-electron chi connectivity index (χ0n) is 15.8. The Morgan fingerprint density at radius 1 is 1.34 bits per heavy atom. The van der Waals surface area contributed by atoms with Crippen molar-refractivity contribution in [3.05, 3.63) is 28.7 Å². The lowest BCUT2D eigenvalue weighted by atomic mass is 10.3. The molecule has 10 nitrogen and oxygen atoms in total. The van der Waals surface area contributed by atoms with Gasteiger partial charge in [0, 0.05) is 12.1 Å². The summed E-state index contributed by atoms with van der Waals surface area (Å²) in [6, 6.07) is 3.76. The Kier molecular flexibility index (Phi) is 6.41. The Morgan fingerprint density at radius 3 is 2.79 bits per heavy atom. The van der Waals surface area contributed by atoms with Crippen molar-refractivity contribution in [1.82, 2.24) is 19.5 Å². The number of fused-ring (bicyclic) bond motifs is 1. The van der Waals surface area contributed by atoms with Gasteiger partial charge >= 0.3 is 5.76 Å². The van der Waals surface area contributed by atoms with Crippen LogP contribution in [0.4, 0.5) is 5.13 Å². The molecule has 0 bridgehead atoms. The van der Waals surface area contributed by atoms with Crippen molar-refractivity contribution in [3.8, 4) is 0 Å². The summed E-state index contributed by atoms with van der Waals surface area (Å²) in [5.74, 6) is -0.401. The van der Waals surface area contributed by atoms with Gasteiger partial charge in [0.05, 0.1) is 10.4 Å². The number of benzene rings is 1. The highest BCUT2D eigenvalue weighted by molar-refractivity contribution is 8.01. The van der Waals surface area contributed by atoms with Crippen molar-refractivity contribution >= 4 is 55.3 Å². The molecule has 0 spiro atoms. The minimum Gasteiger partial charge on any atom is -0.408 e. The minimum absolute atomic E-state index is 0.0288. The number of aromatic nitrogens is 3. The molecule has 3 rings (SSSR count). The highest BCUT2D eigenvalue weighted by Crippen LogP contribution is 2.25. The average molecular weight is 458 g/mol. The molecule has 3 aromatic rings. The Morgan fingerprint density at radius 2 is 2.10 bits per heavy atom. The predicted octanol–water partition coefficient (Wildman–Crippen LogP) is 1.88. The molecule has 13 heteroatoms. The van der Waals surface area contributed by atoms with E-state index >= 15 is 0 Å². The molecule has 1 aromatic carbocycles. The molecule has 156 valence electrons. The summed E-state index contributed by atoms with van der Waals surface area (Å²) in [6.07, 6.45) is 0. The van der Waals surface area contributed by atoms with E-state index in [-0.39, 0.29) is 23.1 Å². The number of nitrogens with one attached hydrogen (secondary N) is 2. The SMILES string of the molecule is CCSc1nnc(NC(=O)Cn2c(=O)oc3cc(S(=O)(=O)NC(C)C)ccc32)s1. The highest BCUT2D eigenvalue weighted by Gasteiger charge is 2.19. The molecular formula is C16H19N5O5S3. The van der Waals surface area contributed by atoms with Crippen molar-refractivity contribution in [1.29, 1.82) is 0 Å². The molecule has 0 aliphatic rings. The molecule has 0 radical (unpaired) electrons. The molecule has 0 saturated heterocycles. The van der Waals surface area contributed by atoms with E-state index in [4.69, 9.17) is 4.42 Å². The first-order valence-electron chi connectivity index (χ1n) is 8.61. The van der Waals surface area contributed by atoms with Crippen LogP contribution in [0.2, 0.25) is 0 Å². The van der Waals surface area contributed by atoms with Gasteiger partial charge in [-0.1, -0.05) is 30.0 Å². The molecule has 0 atom stereocenters. The fraction of sp³-hybridized carbons (Fsp3) is 0.375. The quantitative estimate of drug-likeness (QED) is 0.386. The molecule has 1 amide bonds. The Balaban J connectivity index is 1.81. The van der Waals surface area contributed by atoms with E-state index in [1.54, 1.807) is 13.8 Å². The smallest absolute Gasteiger partial charge is 0.408 e. The fourth-order valence-corrected chi connectivity index (χ4v) is 5.42. The number of thioether (sulfide) groups is 1. The van der Waals surface area contributed by atoms with Gasteiger partial charge in [-0.2, -0.15) is 0 Å². The van der Waals surface area contributed by atoms with Crippen LogP contribution in [0.15, 0.2) is 36.6 Å². The zero-order valence-corrected chi connectivity index (χ0v) is 18.3. The summed E-state index contributed by atoms with van der Waals surface area (Å²) in [5.41, 5.74) is 0.389. The molecule has 2 N–H and O–H groups in total. The first-order valence-corrected chi connectivity index (χ1v) is 11.9. The van der Waals surface area contributed by atoms with E-state index in [1.165, 1.54) is 41.3 Å². The number of hydrogen-bond acceptors (Lipinski definition) is 9. The molecule has 2 heterocycles. The maximum Gasteiger partial charge on any atom is 0.420 e. The van der Waals surface area contributed by atoms with Crippen LogP contribution in [0.5, 0.6) is 0 Å². The summed E-state index contributed by atoms with van der Waals surface area (Å²) >= 11 is 2.75. The summed E-state index contributed by atoms with van der Waals surface area (Å²) < 4.78 is 34.0. The molecule has 2 aromatic heterocycles. The largest absolute Gasteiger partial charge is 0.420 e. The molecule has 0 aliphatic heterocycles. The van der Waals surface area contributed by atoms with Gasteiger partial charge in [-0.05, 0) is 31.7 Å². The van der Waals surface area contributed by atoms with Gasteiger partial charge in [-0.3, -0.25) is 14.7 Å². The van der Waals surface area contributed by atoms with E-state index in [0.29, 0.717) is 10.6 Å². The number of nitrogens with zero attached hydrogens (tertiary/aromatic N) is 3. The second-order valence-corrected chi connectivity index (χ2v) is 10.4. The van der Waals surface area contributed by atoms with Gasteiger partial charge in [0.1, 0.15) is 6.54 Å². The van der Waals surface area contributed by atoms with Crippen molar-refractivity contribution < 1.29 is 17.6 Å². The lowest BCUT2D eigenvalue weighted by molar-refractivity contribution is -0.116. The van der Waals surface area contributed by atoms with Gasteiger partial charge < -0.3 is 4.42 Å². The van der Waals surface area contributed by atoms with Gasteiger partial charge in [-0.25, -0.2) is 17.9 Å². The van der Waals surface area contributed by atoms with E-state index in [1.807, 2.05) is 6.92 Å². The van der Waals surface area contributed by atoms with Crippen LogP contribution >= 0.6 is 23.1 Å². The maximum absolute atomic E-state index is 12.3. The number of amides is 1. The summed E-state index contributed by atoms with van der Waals surface area (Å²) in [6.45, 7) is 5.08. The molecule has 0 saturated carbocycles. The molecule has 0 fully saturated rings. The number of carbonyl (C=O) groups excluding carboxylic acids is 1. The van der Waals surface area contributed by atoms with Crippen LogP contribution in [0.25, 0.3) is 11.1 Å². The average Bonchev–Trinajstić information content (AvgIpc) is 3.18.